The van der Waals surface area contributed by atoms with Gasteiger partial charge in [-0.3, -0.25) is 14.5 Å². The van der Waals surface area contributed by atoms with Crippen molar-refractivity contribution in [3.05, 3.63) is 42.0 Å². The van der Waals surface area contributed by atoms with E-state index >= 15 is 0 Å². The van der Waals surface area contributed by atoms with Crippen molar-refractivity contribution in [1.82, 2.24) is 0 Å². The first kappa shape index (κ1) is 12.3. The Bertz CT molecular complexity index is 661. The van der Waals surface area contributed by atoms with Crippen LogP contribution >= 0.6 is 0 Å². The number of rotatable bonds is 2. The number of aromatic carboxylic acids is 1. The third-order valence-electron chi connectivity index (χ3n) is 4.84. The van der Waals surface area contributed by atoms with E-state index in [-0.39, 0.29) is 41.0 Å². The van der Waals surface area contributed by atoms with Crippen molar-refractivity contribution >= 4 is 23.5 Å². The summed E-state index contributed by atoms with van der Waals surface area (Å²) in [6.45, 7) is 0. The lowest BCUT2D eigenvalue weighted by Gasteiger charge is -2.17. The third-order valence-corrected chi connectivity index (χ3v) is 4.84. The van der Waals surface area contributed by atoms with Gasteiger partial charge in [0.25, 0.3) is 0 Å². The van der Waals surface area contributed by atoms with E-state index in [2.05, 4.69) is 0 Å². The van der Waals surface area contributed by atoms with Crippen molar-refractivity contribution in [2.75, 3.05) is 4.90 Å². The highest BCUT2D eigenvalue weighted by atomic mass is 16.4. The van der Waals surface area contributed by atoms with Crippen molar-refractivity contribution < 1.29 is 19.5 Å². The minimum absolute atomic E-state index is 0.139. The maximum absolute atomic E-state index is 12.6. The molecule has 5 heteroatoms. The molecule has 0 spiro atoms. The first-order chi connectivity index (χ1) is 10.1. The molecule has 1 N–H and O–H groups in total. The molecule has 4 rings (SSSR count). The van der Waals surface area contributed by atoms with Gasteiger partial charge < -0.3 is 5.11 Å². The molecule has 5 nitrogen and oxygen atoms in total. The van der Waals surface area contributed by atoms with Crippen LogP contribution in [-0.4, -0.2) is 22.9 Å². The molecule has 1 heterocycles. The van der Waals surface area contributed by atoms with Gasteiger partial charge in [-0.2, -0.15) is 0 Å². The lowest BCUT2D eigenvalue weighted by Crippen LogP contribution is -2.32. The number of amides is 2. The van der Waals surface area contributed by atoms with Gasteiger partial charge in [0.1, 0.15) is 0 Å². The van der Waals surface area contributed by atoms with Crippen LogP contribution in [0.5, 0.6) is 0 Å². The molecule has 1 unspecified atom stereocenters. The Kier molecular flexibility index (Phi) is 2.37. The van der Waals surface area contributed by atoms with Crippen LogP contribution in [0.2, 0.25) is 0 Å². The summed E-state index contributed by atoms with van der Waals surface area (Å²) in [7, 11) is 0. The second kappa shape index (κ2) is 4.04. The number of hydrogen-bond donors (Lipinski definition) is 1. The van der Waals surface area contributed by atoms with E-state index in [1.54, 1.807) is 0 Å². The Labute approximate surface area is 120 Å². The standard InChI is InChI=1S/C16H13NO4/c18-14-12-9-1-2-10(7-9)13(12)15(19)17(14)11-5-3-8(4-6-11)16(20)21/h1-6,9-10,12-13H,7H2,(H,20,21)/t9-,10+,12-,13?/m1/s1. The molecule has 2 aliphatic carbocycles. The molecule has 106 valence electrons. The molecule has 1 aliphatic heterocycles. The average Bonchev–Trinajstić information content (AvgIpc) is 3.13. The monoisotopic (exact) mass is 283 g/mol. The Morgan fingerprint density at radius 3 is 2.00 bits per heavy atom. The summed E-state index contributed by atoms with van der Waals surface area (Å²) in [5.41, 5.74) is 0.601. The molecule has 1 aromatic rings. The highest BCUT2D eigenvalue weighted by Gasteiger charge is 2.59. The summed E-state index contributed by atoms with van der Waals surface area (Å²) in [4.78, 5) is 37.2. The number of imide groups is 1. The van der Waals surface area contributed by atoms with Crippen LogP contribution < -0.4 is 4.90 Å². The fourth-order valence-electron chi connectivity index (χ4n) is 3.91. The first-order valence-electron chi connectivity index (χ1n) is 6.97. The van der Waals surface area contributed by atoms with E-state index in [1.165, 1.54) is 29.2 Å². The summed E-state index contributed by atoms with van der Waals surface area (Å²) in [5.74, 6) is -1.42. The number of allylic oxidation sites excluding steroid dienone is 2. The zero-order chi connectivity index (χ0) is 14.7. The van der Waals surface area contributed by atoms with E-state index in [4.69, 9.17) is 5.11 Å². The van der Waals surface area contributed by atoms with Gasteiger partial charge in [0.05, 0.1) is 23.1 Å². The smallest absolute Gasteiger partial charge is 0.335 e. The molecule has 2 fully saturated rings. The second-order valence-electron chi connectivity index (χ2n) is 5.86. The predicted molar refractivity (Wildman–Crippen MR) is 73.6 cm³/mol. The summed E-state index contributed by atoms with van der Waals surface area (Å²) in [6.07, 6.45) is 5.00. The number of carbonyl (C=O) groups excluding carboxylic acids is 2. The summed E-state index contributed by atoms with van der Waals surface area (Å²) < 4.78 is 0. The normalized spacial score (nSPS) is 32.9. The van der Waals surface area contributed by atoms with Crippen LogP contribution in [0.15, 0.2) is 36.4 Å². The summed E-state index contributed by atoms with van der Waals surface area (Å²) in [6, 6.07) is 5.88. The van der Waals surface area contributed by atoms with E-state index < -0.39 is 5.97 Å². The van der Waals surface area contributed by atoms with Crippen molar-refractivity contribution in [2.24, 2.45) is 23.7 Å². The second-order valence-corrected chi connectivity index (χ2v) is 5.86. The van der Waals surface area contributed by atoms with E-state index in [0.29, 0.717) is 5.69 Å². The Morgan fingerprint density at radius 2 is 1.52 bits per heavy atom. The van der Waals surface area contributed by atoms with Gasteiger partial charge in [0, 0.05) is 0 Å². The van der Waals surface area contributed by atoms with Crippen molar-refractivity contribution in [3.63, 3.8) is 0 Å². The molecular formula is C16H13NO4. The molecule has 3 aliphatic rings. The number of fused-ring (bicyclic) bond motifs is 5. The summed E-state index contributed by atoms with van der Waals surface area (Å²) in [5, 5.41) is 8.90. The summed E-state index contributed by atoms with van der Waals surface area (Å²) >= 11 is 0. The van der Waals surface area contributed by atoms with E-state index in [9.17, 15) is 14.4 Å². The molecule has 0 radical (unpaired) electrons. The third kappa shape index (κ3) is 1.54. The van der Waals surface area contributed by atoms with Crippen molar-refractivity contribution in [3.8, 4) is 0 Å². The van der Waals surface area contributed by atoms with E-state index in [1.807, 2.05) is 12.2 Å². The minimum atomic E-state index is -1.03. The molecule has 2 bridgehead atoms. The molecule has 1 saturated carbocycles. The van der Waals surface area contributed by atoms with Gasteiger partial charge in [-0.25, -0.2) is 4.79 Å². The van der Waals surface area contributed by atoms with E-state index in [0.717, 1.165) is 6.42 Å². The maximum atomic E-state index is 12.6. The molecule has 21 heavy (non-hydrogen) atoms. The number of hydrogen-bond acceptors (Lipinski definition) is 3. The Morgan fingerprint density at radius 1 is 1.00 bits per heavy atom. The number of benzene rings is 1. The molecule has 2 amide bonds. The highest BCUT2D eigenvalue weighted by Crippen LogP contribution is 2.53. The van der Waals surface area contributed by atoms with Crippen LogP contribution in [0.4, 0.5) is 5.69 Å². The quantitative estimate of drug-likeness (QED) is 0.662. The highest BCUT2D eigenvalue weighted by molar-refractivity contribution is 6.22. The first-order valence-corrected chi connectivity index (χ1v) is 6.97. The number of carboxylic acid groups (broad SMARTS) is 1. The molecule has 1 saturated heterocycles. The van der Waals surface area contributed by atoms with Gasteiger partial charge >= 0.3 is 5.97 Å². The average molecular weight is 283 g/mol. The van der Waals surface area contributed by atoms with Gasteiger partial charge in [0.15, 0.2) is 0 Å². The van der Waals surface area contributed by atoms with Crippen LogP contribution in [0.1, 0.15) is 16.8 Å². The fraction of sp³-hybridized carbons (Fsp3) is 0.312. The number of nitrogens with zero attached hydrogens (tertiary/aromatic N) is 1. The number of carbonyl (C=O) groups is 3. The molecular weight excluding hydrogens is 270 g/mol. The Balaban J connectivity index is 1.69. The van der Waals surface area contributed by atoms with Crippen molar-refractivity contribution in [2.45, 2.75) is 6.42 Å². The van der Waals surface area contributed by atoms with Crippen LogP contribution in [0, 0.1) is 23.7 Å². The van der Waals surface area contributed by atoms with Crippen LogP contribution in [0.25, 0.3) is 0 Å². The maximum Gasteiger partial charge on any atom is 0.335 e. The van der Waals surface area contributed by atoms with Gasteiger partial charge in [-0.15, -0.1) is 0 Å². The lowest BCUT2D eigenvalue weighted by molar-refractivity contribution is -0.123. The topological polar surface area (TPSA) is 74.7 Å². The number of anilines is 1. The van der Waals surface area contributed by atoms with Crippen molar-refractivity contribution in [1.29, 1.82) is 0 Å². The molecule has 0 aromatic heterocycles. The zero-order valence-electron chi connectivity index (χ0n) is 11.1. The Hall–Kier alpha value is -2.43. The van der Waals surface area contributed by atoms with Gasteiger partial charge in [-0.05, 0) is 42.5 Å². The SMILES string of the molecule is O=C(O)c1ccc(N2C(=O)C3[C@H]4C=C[C@H](C4)[C@H]3C2=O)cc1. The van der Waals surface area contributed by atoms with Crippen LogP contribution in [0.3, 0.4) is 0 Å². The van der Waals surface area contributed by atoms with Crippen LogP contribution in [-0.2, 0) is 9.59 Å². The minimum Gasteiger partial charge on any atom is -0.478 e. The van der Waals surface area contributed by atoms with Gasteiger partial charge in [-0.1, -0.05) is 12.2 Å². The lowest BCUT2D eigenvalue weighted by atomic mass is 9.85. The molecule has 1 aromatic carbocycles. The number of carboxylic acids is 1. The predicted octanol–water partition coefficient (Wildman–Crippen LogP) is 1.70. The fourth-order valence-corrected chi connectivity index (χ4v) is 3.91. The zero-order valence-corrected chi connectivity index (χ0v) is 11.1. The molecule has 4 atom stereocenters. The largest absolute Gasteiger partial charge is 0.478 e. The van der Waals surface area contributed by atoms with Gasteiger partial charge in [0.2, 0.25) is 11.8 Å².